The summed E-state index contributed by atoms with van der Waals surface area (Å²) in [6.45, 7) is 0. The minimum absolute atomic E-state index is 0.385. The summed E-state index contributed by atoms with van der Waals surface area (Å²) in [5.41, 5.74) is 1.37. The topological polar surface area (TPSA) is 129 Å². The molecule has 0 aliphatic heterocycles. The van der Waals surface area contributed by atoms with Gasteiger partial charge in [0, 0.05) is 5.56 Å². The van der Waals surface area contributed by atoms with Gasteiger partial charge in [0.1, 0.15) is 20.9 Å². The lowest BCUT2D eigenvalue weighted by Gasteiger charge is -2.26. The number of halogens is 1. The van der Waals surface area contributed by atoms with E-state index in [1.54, 1.807) is 11.3 Å². The van der Waals surface area contributed by atoms with E-state index in [4.69, 9.17) is 28.4 Å². The van der Waals surface area contributed by atoms with Crippen LogP contribution in [-0.4, -0.2) is 22.7 Å². The van der Waals surface area contributed by atoms with Crippen molar-refractivity contribution in [1.82, 2.24) is 4.98 Å². The third-order valence-corrected chi connectivity index (χ3v) is 11.8. The predicted octanol–water partition coefficient (Wildman–Crippen LogP) is 1.09. The highest BCUT2D eigenvalue weighted by Gasteiger charge is 2.52. The summed E-state index contributed by atoms with van der Waals surface area (Å²) in [5, 5.41) is 4.31. The van der Waals surface area contributed by atoms with Gasteiger partial charge in [0.05, 0.1) is 22.0 Å². The van der Waals surface area contributed by atoms with Crippen LogP contribution in [0.15, 0.2) is 121 Å². The van der Waals surface area contributed by atoms with Gasteiger partial charge >= 0.3 is 5.97 Å². The number of hydrogen-bond donors (Lipinski definition) is 1. The summed E-state index contributed by atoms with van der Waals surface area (Å²) >= 11 is 1.59. The first-order valence-corrected chi connectivity index (χ1v) is 15.5. The minimum Gasteiger partial charge on any atom is -0.464 e. The second kappa shape index (κ2) is 12.6. The van der Waals surface area contributed by atoms with Gasteiger partial charge in [-0.15, -0.1) is 0 Å². The highest BCUT2D eigenvalue weighted by atomic mass is 35.7. The molecule has 7 nitrogen and oxygen atoms in total. The van der Waals surface area contributed by atoms with Crippen molar-refractivity contribution in [2.75, 3.05) is 7.11 Å². The van der Waals surface area contributed by atoms with Crippen LogP contribution in [0.2, 0.25) is 0 Å². The zero-order valence-corrected chi connectivity index (χ0v) is 23.2. The quantitative estimate of drug-likeness (QED) is 0.235. The maximum absolute atomic E-state index is 13.2. The normalized spacial score (nSPS) is 11.3. The van der Waals surface area contributed by atoms with Gasteiger partial charge in [-0.25, -0.2) is 9.78 Å². The maximum atomic E-state index is 13.2. The number of benzene rings is 4. The van der Waals surface area contributed by atoms with E-state index in [2.05, 4.69) is 72.8 Å². The van der Waals surface area contributed by atoms with Crippen LogP contribution in [0.25, 0.3) is 10.6 Å². The molecule has 4 aromatic carbocycles. The van der Waals surface area contributed by atoms with E-state index in [1.165, 1.54) is 23.0 Å². The number of aromatic nitrogens is 1. The second-order valence-electron chi connectivity index (χ2n) is 8.10. The van der Waals surface area contributed by atoms with Crippen molar-refractivity contribution >= 4 is 45.1 Å². The molecule has 0 atom stereocenters. The molecule has 198 valence electrons. The third-order valence-electron chi connectivity index (χ3n) is 5.74. The smallest absolute Gasteiger partial charge is 0.361 e. The van der Waals surface area contributed by atoms with E-state index in [9.17, 15) is 4.79 Å². The van der Waals surface area contributed by atoms with Crippen LogP contribution in [0, 0.1) is 10.2 Å². The lowest BCUT2D eigenvalue weighted by Crippen LogP contribution is -2.58. The Morgan fingerprint density at radius 2 is 1.10 bits per heavy atom. The van der Waals surface area contributed by atoms with Crippen molar-refractivity contribution in [2.24, 2.45) is 0 Å². The molecular formula is C29H24ClNO6PS+. The van der Waals surface area contributed by atoms with E-state index in [0.29, 0.717) is 5.69 Å². The number of esters is 1. The standard InChI is InChI=1S/C29H23NO2PS.ClHO4/c1-32-28(31)26-29(34-27(30-26)22-14-6-2-7-15-22)33(23-16-8-3-9-17-23,24-18-10-4-11-19-24)25-20-12-5-13-21-25;2-1(3,4)5/h2-21H,1H3;(H,2,3,4,5)/q+1;. The monoisotopic (exact) mass is 580 g/mol. The van der Waals surface area contributed by atoms with Crippen LogP contribution in [0.5, 0.6) is 0 Å². The summed E-state index contributed by atoms with van der Waals surface area (Å²) < 4.78 is 38.9. The number of carbonyl (C=O) groups is 1. The maximum Gasteiger partial charge on any atom is 0.361 e. The molecule has 0 unspecified atom stereocenters. The van der Waals surface area contributed by atoms with Gasteiger partial charge in [-0.2, -0.15) is 14.0 Å². The molecule has 1 N–H and O–H groups in total. The average molecular weight is 581 g/mol. The molecule has 0 bridgehead atoms. The molecule has 0 saturated heterocycles. The third kappa shape index (κ3) is 6.58. The van der Waals surface area contributed by atoms with Crippen LogP contribution in [0.3, 0.4) is 0 Å². The van der Waals surface area contributed by atoms with E-state index >= 15 is 0 Å². The van der Waals surface area contributed by atoms with Gasteiger partial charge in [0.2, 0.25) is 5.69 Å². The number of carbonyl (C=O) groups excluding carboxylic acids is 1. The Morgan fingerprint density at radius 3 is 1.46 bits per heavy atom. The van der Waals surface area contributed by atoms with Gasteiger partial charge in [0.25, 0.3) is 0 Å². The number of ether oxygens (including phenoxy) is 1. The molecular weight excluding hydrogens is 557 g/mol. The zero-order valence-electron chi connectivity index (χ0n) is 20.7. The Bertz CT molecular complexity index is 1390. The highest BCUT2D eigenvalue weighted by Crippen LogP contribution is 2.56. The van der Waals surface area contributed by atoms with Crippen molar-refractivity contribution in [3.8, 4) is 10.6 Å². The molecule has 5 aromatic rings. The second-order valence-corrected chi connectivity index (χ2v) is 13.5. The molecule has 10 heteroatoms. The Hall–Kier alpha value is -3.46. The van der Waals surface area contributed by atoms with E-state index in [-0.39, 0.29) is 0 Å². The fourth-order valence-corrected chi connectivity index (χ4v) is 10.7. The van der Waals surface area contributed by atoms with Crippen molar-refractivity contribution in [3.63, 3.8) is 0 Å². The molecule has 0 aliphatic carbocycles. The zero-order chi connectivity index (χ0) is 27.9. The van der Waals surface area contributed by atoms with E-state index < -0.39 is 23.5 Å². The molecule has 0 spiro atoms. The number of thiazole rings is 1. The number of hydrogen-bond acceptors (Lipinski definition) is 8. The Morgan fingerprint density at radius 1 is 0.744 bits per heavy atom. The minimum atomic E-state index is -4.69. The molecule has 0 radical (unpaired) electrons. The number of nitrogens with zero attached hydrogens (tertiary/aromatic N) is 1. The van der Waals surface area contributed by atoms with Crippen LogP contribution < -0.4 is 34.5 Å². The summed E-state index contributed by atoms with van der Waals surface area (Å²) in [4.78, 5) is 18.0. The fraction of sp³-hybridized carbons (Fsp3) is 0.0345. The molecule has 39 heavy (non-hydrogen) atoms. The fourth-order valence-electron chi connectivity index (χ4n) is 4.23. The van der Waals surface area contributed by atoms with Gasteiger partial charge in [-0.05, 0) is 36.4 Å². The van der Waals surface area contributed by atoms with Crippen LogP contribution in [0.1, 0.15) is 10.5 Å². The summed E-state index contributed by atoms with van der Waals surface area (Å²) in [6, 6.07) is 41.4. The highest BCUT2D eigenvalue weighted by molar-refractivity contribution is 8.04. The lowest BCUT2D eigenvalue weighted by atomic mass is 10.2. The van der Waals surface area contributed by atoms with Crippen LogP contribution in [-0.2, 0) is 4.74 Å². The largest absolute Gasteiger partial charge is 0.464 e. The summed E-state index contributed by atoms with van der Waals surface area (Å²) in [6.07, 6.45) is 0. The molecule has 0 aliphatic rings. The van der Waals surface area contributed by atoms with Gasteiger partial charge < -0.3 is 4.74 Å². The van der Waals surface area contributed by atoms with Crippen molar-refractivity contribution in [3.05, 3.63) is 127 Å². The molecule has 0 fully saturated rings. The summed E-state index contributed by atoms with van der Waals surface area (Å²) in [7, 11) is -5.73. The van der Waals surface area contributed by atoms with Crippen molar-refractivity contribution in [2.45, 2.75) is 0 Å². The van der Waals surface area contributed by atoms with Gasteiger partial charge in [0.15, 0.2) is 11.9 Å². The SMILES string of the molecule is COC(=O)c1nc(-c2ccccc2)sc1[P+](c1ccccc1)(c1ccccc1)c1ccccc1.[O-][Cl+3]([O-])([O-])O. The Labute approximate surface area is 232 Å². The Kier molecular flexibility index (Phi) is 9.22. The molecule has 0 amide bonds. The van der Waals surface area contributed by atoms with Gasteiger partial charge in [-0.3, -0.25) is 0 Å². The van der Waals surface area contributed by atoms with Gasteiger partial charge in [-0.1, -0.05) is 96.3 Å². The first-order chi connectivity index (χ1) is 18.7. The average Bonchev–Trinajstić information content (AvgIpc) is 3.40. The van der Waals surface area contributed by atoms with Crippen molar-refractivity contribution in [1.29, 1.82) is 0 Å². The number of methoxy groups -OCH3 is 1. The van der Waals surface area contributed by atoms with E-state index in [0.717, 1.165) is 15.2 Å². The van der Waals surface area contributed by atoms with Crippen LogP contribution in [0.4, 0.5) is 0 Å². The molecule has 5 rings (SSSR count). The first kappa shape index (κ1) is 28.5. The van der Waals surface area contributed by atoms with E-state index in [1.807, 2.05) is 48.5 Å². The first-order valence-electron chi connectivity index (χ1n) is 11.6. The molecule has 1 heterocycles. The predicted molar refractivity (Wildman–Crippen MR) is 146 cm³/mol. The number of rotatable bonds is 6. The lowest BCUT2D eigenvalue weighted by molar-refractivity contribution is -1.92. The molecule has 0 saturated carbocycles. The van der Waals surface area contributed by atoms with Crippen molar-refractivity contribution < 1.29 is 38.4 Å². The Balaban J connectivity index is 0.000000648. The van der Waals surface area contributed by atoms with Crippen LogP contribution >= 0.6 is 18.6 Å². The molecule has 1 aromatic heterocycles. The summed E-state index contributed by atoms with van der Waals surface area (Å²) in [5.74, 6) is -0.416.